The predicted octanol–water partition coefficient (Wildman–Crippen LogP) is 1.10. The van der Waals surface area contributed by atoms with E-state index in [2.05, 4.69) is 44.6 Å². The van der Waals surface area contributed by atoms with Gasteiger partial charge in [-0.1, -0.05) is 13.8 Å². The molecule has 22 heavy (non-hydrogen) atoms. The van der Waals surface area contributed by atoms with E-state index in [1.54, 1.807) is 18.4 Å². The van der Waals surface area contributed by atoms with Crippen molar-refractivity contribution >= 4 is 51.3 Å². The second-order valence-corrected chi connectivity index (χ2v) is 7.62. The highest BCUT2D eigenvalue weighted by atomic mass is 127. The van der Waals surface area contributed by atoms with Gasteiger partial charge in [-0.05, 0) is 5.92 Å². The van der Waals surface area contributed by atoms with Crippen molar-refractivity contribution in [3.05, 3.63) is 16.1 Å². The quantitative estimate of drug-likeness (QED) is 0.245. The molecule has 1 aromatic heterocycles. The molecule has 0 saturated carbocycles. The summed E-state index contributed by atoms with van der Waals surface area (Å²) in [6, 6.07) is 0. The Morgan fingerprint density at radius 1 is 1.36 bits per heavy atom. The molecule has 0 unspecified atom stereocenters. The van der Waals surface area contributed by atoms with Gasteiger partial charge in [0.05, 0.1) is 18.5 Å². The normalized spacial score (nSPS) is 12.1. The Kier molecular flexibility index (Phi) is 10.1. The summed E-state index contributed by atoms with van der Waals surface area (Å²) in [4.78, 5) is 8.60. The average Bonchev–Trinajstić information content (AvgIpc) is 2.85. The molecule has 0 aliphatic carbocycles. The van der Waals surface area contributed by atoms with Gasteiger partial charge in [-0.2, -0.15) is 0 Å². The second-order valence-electron chi connectivity index (χ2n) is 4.84. The van der Waals surface area contributed by atoms with Crippen LogP contribution in [-0.4, -0.2) is 45.8 Å². The van der Waals surface area contributed by atoms with Crippen molar-refractivity contribution in [1.29, 1.82) is 0 Å². The first-order valence-electron chi connectivity index (χ1n) is 6.65. The molecule has 0 aromatic carbocycles. The van der Waals surface area contributed by atoms with Gasteiger partial charge in [0.1, 0.15) is 5.01 Å². The van der Waals surface area contributed by atoms with Gasteiger partial charge in [-0.3, -0.25) is 4.99 Å². The Bertz CT molecular complexity index is 572. The molecular weight excluding hydrogens is 437 g/mol. The summed E-state index contributed by atoms with van der Waals surface area (Å²) < 4.78 is 24.3. The number of thiazole rings is 1. The molecule has 128 valence electrons. The van der Waals surface area contributed by atoms with E-state index in [4.69, 9.17) is 0 Å². The van der Waals surface area contributed by atoms with Crippen LogP contribution in [-0.2, 0) is 16.6 Å². The third kappa shape index (κ3) is 8.86. The number of hydrogen-bond acceptors (Lipinski definition) is 5. The first-order valence-corrected chi connectivity index (χ1v) is 9.42. The molecule has 0 fully saturated rings. The minimum Gasteiger partial charge on any atom is -0.355 e. The zero-order valence-corrected chi connectivity index (χ0v) is 17.2. The smallest absolute Gasteiger partial charge is 0.208 e. The van der Waals surface area contributed by atoms with E-state index >= 15 is 0 Å². The van der Waals surface area contributed by atoms with Crippen LogP contribution in [0.2, 0.25) is 0 Å². The maximum absolute atomic E-state index is 10.9. The molecule has 0 radical (unpaired) electrons. The predicted molar refractivity (Wildman–Crippen MR) is 103 cm³/mol. The highest BCUT2D eigenvalue weighted by Crippen LogP contribution is 2.17. The molecule has 1 aromatic rings. The summed E-state index contributed by atoms with van der Waals surface area (Å²) in [5.41, 5.74) is 1.09. The molecule has 0 aliphatic rings. The van der Waals surface area contributed by atoms with E-state index in [0.717, 1.165) is 17.0 Å². The van der Waals surface area contributed by atoms with E-state index in [1.807, 2.05) is 0 Å². The van der Waals surface area contributed by atoms with E-state index in [0.29, 0.717) is 31.5 Å². The fourth-order valence-electron chi connectivity index (χ4n) is 1.47. The molecule has 7 nitrogen and oxygen atoms in total. The van der Waals surface area contributed by atoms with Gasteiger partial charge in [-0.25, -0.2) is 18.1 Å². The lowest BCUT2D eigenvalue weighted by Crippen LogP contribution is -2.41. The van der Waals surface area contributed by atoms with Crippen molar-refractivity contribution in [2.45, 2.75) is 26.3 Å². The van der Waals surface area contributed by atoms with Crippen LogP contribution in [0.4, 0.5) is 0 Å². The van der Waals surface area contributed by atoms with Crippen LogP contribution in [0.25, 0.3) is 0 Å². The average molecular weight is 461 g/mol. The van der Waals surface area contributed by atoms with Crippen LogP contribution in [0, 0.1) is 0 Å². The van der Waals surface area contributed by atoms with Gasteiger partial charge in [0.25, 0.3) is 0 Å². The van der Waals surface area contributed by atoms with Gasteiger partial charge >= 0.3 is 0 Å². The summed E-state index contributed by atoms with van der Waals surface area (Å²) in [6.45, 7) is 5.59. The second kappa shape index (κ2) is 10.3. The molecule has 0 saturated heterocycles. The number of aliphatic imine (C=N–C) groups is 1. The van der Waals surface area contributed by atoms with Crippen LogP contribution in [0.15, 0.2) is 10.4 Å². The van der Waals surface area contributed by atoms with Crippen LogP contribution < -0.4 is 15.4 Å². The maximum Gasteiger partial charge on any atom is 0.208 e. The van der Waals surface area contributed by atoms with Crippen LogP contribution in [0.5, 0.6) is 0 Å². The zero-order chi connectivity index (χ0) is 15.9. The van der Waals surface area contributed by atoms with Crippen molar-refractivity contribution in [2.75, 3.05) is 26.4 Å². The molecule has 0 atom stereocenters. The summed E-state index contributed by atoms with van der Waals surface area (Å²) in [6.07, 6.45) is 1.13. The van der Waals surface area contributed by atoms with Crippen molar-refractivity contribution in [1.82, 2.24) is 20.3 Å². The number of hydrogen-bond donors (Lipinski definition) is 3. The number of aromatic nitrogens is 1. The van der Waals surface area contributed by atoms with E-state index < -0.39 is 10.0 Å². The number of sulfonamides is 1. The molecule has 10 heteroatoms. The van der Waals surface area contributed by atoms with Crippen molar-refractivity contribution < 1.29 is 8.42 Å². The zero-order valence-electron chi connectivity index (χ0n) is 13.2. The first-order chi connectivity index (χ1) is 9.81. The van der Waals surface area contributed by atoms with Gasteiger partial charge in [0, 0.05) is 25.5 Å². The fraction of sp³-hybridized carbons (Fsp3) is 0.667. The van der Waals surface area contributed by atoms with Gasteiger partial charge in [0.15, 0.2) is 5.96 Å². The van der Waals surface area contributed by atoms with Crippen LogP contribution >= 0.6 is 35.3 Å². The minimum absolute atomic E-state index is 0. The summed E-state index contributed by atoms with van der Waals surface area (Å²) in [5, 5.41) is 9.24. The lowest BCUT2D eigenvalue weighted by Gasteiger charge is -2.10. The molecular formula is C12H24IN5O2S2. The third-order valence-electron chi connectivity index (χ3n) is 2.57. The number of nitrogens with zero attached hydrogens (tertiary/aromatic N) is 2. The summed E-state index contributed by atoms with van der Waals surface area (Å²) in [5.74, 6) is 1.04. The molecule has 0 spiro atoms. The highest BCUT2D eigenvalue weighted by Gasteiger charge is 2.06. The van der Waals surface area contributed by atoms with Gasteiger partial charge < -0.3 is 10.6 Å². The van der Waals surface area contributed by atoms with Gasteiger partial charge in [-0.15, -0.1) is 35.3 Å². The van der Waals surface area contributed by atoms with Gasteiger partial charge in [0.2, 0.25) is 10.0 Å². The Hall–Kier alpha value is -0.460. The topological polar surface area (TPSA) is 95.5 Å². The molecule has 0 bridgehead atoms. The Morgan fingerprint density at radius 2 is 2.05 bits per heavy atom. The maximum atomic E-state index is 10.9. The molecule has 0 amide bonds. The van der Waals surface area contributed by atoms with Crippen LogP contribution in [0.3, 0.4) is 0 Å². The minimum atomic E-state index is -3.15. The Balaban J connectivity index is 0.00000441. The first kappa shape index (κ1) is 21.5. The van der Waals surface area contributed by atoms with E-state index in [9.17, 15) is 8.42 Å². The lowest BCUT2D eigenvalue weighted by molar-refractivity contribution is 0.586. The number of halogens is 1. The van der Waals surface area contributed by atoms with Crippen LogP contribution in [0.1, 0.15) is 30.5 Å². The van der Waals surface area contributed by atoms with Crippen molar-refractivity contribution in [3.8, 4) is 0 Å². The molecule has 1 heterocycles. The van der Waals surface area contributed by atoms with E-state index in [-0.39, 0.29) is 24.0 Å². The number of nitrogens with one attached hydrogen (secondary N) is 3. The highest BCUT2D eigenvalue weighted by molar-refractivity contribution is 14.0. The Labute approximate surface area is 153 Å². The number of rotatable bonds is 7. The summed E-state index contributed by atoms with van der Waals surface area (Å²) >= 11 is 1.61. The standard InChI is InChI=1S/C12H23N5O2S2.HI/c1-9(2)10-8-20-11(17-10)7-15-12(13-3)14-5-6-16-21(4,18)19;/h8-9,16H,5-7H2,1-4H3,(H2,13,14,15);1H. The van der Waals surface area contributed by atoms with E-state index in [1.165, 1.54) is 0 Å². The number of guanidine groups is 1. The molecule has 1 rings (SSSR count). The third-order valence-corrected chi connectivity index (χ3v) is 4.17. The monoisotopic (exact) mass is 461 g/mol. The van der Waals surface area contributed by atoms with Crippen molar-refractivity contribution in [2.24, 2.45) is 4.99 Å². The SMILES string of the molecule is CN=C(NCCNS(C)(=O)=O)NCc1nc(C(C)C)cs1.I. The Morgan fingerprint density at radius 3 is 2.55 bits per heavy atom. The van der Waals surface area contributed by atoms with Crippen molar-refractivity contribution in [3.63, 3.8) is 0 Å². The molecule has 3 N–H and O–H groups in total. The largest absolute Gasteiger partial charge is 0.355 e. The fourth-order valence-corrected chi connectivity index (χ4v) is 2.84. The molecule has 0 aliphatic heterocycles. The summed E-state index contributed by atoms with van der Waals surface area (Å²) in [7, 11) is -1.48. The lowest BCUT2D eigenvalue weighted by atomic mass is 10.2.